The minimum atomic E-state index is -4.34. The quantitative estimate of drug-likeness (QED) is 0.927. The fourth-order valence-corrected chi connectivity index (χ4v) is 3.10. The molecule has 1 aliphatic heterocycles. The highest BCUT2D eigenvalue weighted by Gasteiger charge is 2.34. The van der Waals surface area contributed by atoms with Gasteiger partial charge in [0.05, 0.1) is 6.20 Å². The third kappa shape index (κ3) is 4.09. The van der Waals surface area contributed by atoms with Crippen LogP contribution in [0.1, 0.15) is 31.1 Å². The lowest BCUT2D eigenvalue weighted by Crippen LogP contribution is -2.40. The summed E-state index contributed by atoms with van der Waals surface area (Å²) in [6.07, 6.45) is -1.27. The molecule has 0 aliphatic carbocycles. The van der Waals surface area contributed by atoms with E-state index in [0.717, 1.165) is 12.6 Å². The number of rotatable bonds is 4. The van der Waals surface area contributed by atoms with Crippen molar-refractivity contribution in [2.75, 3.05) is 24.5 Å². The molecular weight excluding hydrogens is 303 g/mol. The molecule has 1 aliphatic rings. The molecule has 0 radical (unpaired) electrons. The molecular formula is C13H18F3N3OS. The Labute approximate surface area is 125 Å². The smallest absolute Gasteiger partial charge is 0.356 e. The van der Waals surface area contributed by atoms with Crippen LogP contribution in [0.15, 0.2) is 6.20 Å². The van der Waals surface area contributed by atoms with Crippen LogP contribution >= 0.6 is 11.3 Å². The second-order valence-corrected chi connectivity index (χ2v) is 6.07. The zero-order valence-electron chi connectivity index (χ0n) is 11.7. The first-order valence-corrected chi connectivity index (χ1v) is 7.79. The average Bonchev–Trinajstić information content (AvgIpc) is 2.95. The molecule has 1 saturated heterocycles. The maximum absolute atomic E-state index is 12.6. The molecule has 0 bridgehead atoms. The van der Waals surface area contributed by atoms with Gasteiger partial charge in [-0.05, 0) is 19.3 Å². The van der Waals surface area contributed by atoms with Gasteiger partial charge in [0.1, 0.15) is 4.88 Å². The molecule has 1 aromatic rings. The first-order valence-electron chi connectivity index (χ1n) is 6.97. The van der Waals surface area contributed by atoms with Gasteiger partial charge in [-0.25, -0.2) is 4.98 Å². The molecule has 1 aromatic heterocycles. The summed E-state index contributed by atoms with van der Waals surface area (Å²) in [5.41, 5.74) is 0. The molecule has 1 amide bonds. The Morgan fingerprint density at radius 1 is 1.48 bits per heavy atom. The van der Waals surface area contributed by atoms with Crippen molar-refractivity contribution in [1.82, 2.24) is 10.3 Å². The van der Waals surface area contributed by atoms with Crippen LogP contribution in [0.25, 0.3) is 0 Å². The van der Waals surface area contributed by atoms with Gasteiger partial charge >= 0.3 is 6.18 Å². The van der Waals surface area contributed by atoms with Crippen molar-refractivity contribution in [2.45, 2.75) is 32.4 Å². The lowest BCUT2D eigenvalue weighted by Gasteiger charge is -2.31. The number of nitrogens with zero attached hydrogens (tertiary/aromatic N) is 2. The van der Waals surface area contributed by atoms with Crippen molar-refractivity contribution in [3.63, 3.8) is 0 Å². The second kappa shape index (κ2) is 6.64. The van der Waals surface area contributed by atoms with E-state index >= 15 is 0 Å². The zero-order valence-corrected chi connectivity index (χ0v) is 12.6. The van der Waals surface area contributed by atoms with Gasteiger partial charge in [-0.1, -0.05) is 18.3 Å². The van der Waals surface area contributed by atoms with Crippen LogP contribution in [-0.4, -0.2) is 30.5 Å². The topological polar surface area (TPSA) is 45.2 Å². The SMILES string of the molecule is CCCNC(=O)C1CCN(c2ncc(C(F)(F)F)s2)CC1. The number of thiazole rings is 1. The highest BCUT2D eigenvalue weighted by atomic mass is 32.1. The number of hydrogen-bond donors (Lipinski definition) is 1. The number of nitrogens with one attached hydrogen (secondary N) is 1. The third-order valence-corrected chi connectivity index (χ3v) is 4.56. The Bertz CT molecular complexity index is 481. The first kappa shape index (κ1) is 16.1. The predicted molar refractivity (Wildman–Crippen MR) is 75.4 cm³/mol. The number of amides is 1. The Morgan fingerprint density at radius 3 is 2.67 bits per heavy atom. The molecule has 0 spiro atoms. The van der Waals surface area contributed by atoms with E-state index in [1.54, 1.807) is 0 Å². The summed E-state index contributed by atoms with van der Waals surface area (Å²) in [7, 11) is 0. The van der Waals surface area contributed by atoms with Gasteiger partial charge in [0.2, 0.25) is 5.91 Å². The van der Waals surface area contributed by atoms with Crippen molar-refractivity contribution in [3.05, 3.63) is 11.1 Å². The highest BCUT2D eigenvalue weighted by molar-refractivity contribution is 7.15. The van der Waals surface area contributed by atoms with Gasteiger partial charge in [0.25, 0.3) is 0 Å². The van der Waals surface area contributed by atoms with E-state index < -0.39 is 11.1 Å². The Hall–Kier alpha value is -1.31. The fraction of sp³-hybridized carbons (Fsp3) is 0.692. The normalized spacial score (nSPS) is 17.0. The molecule has 4 nitrogen and oxygen atoms in total. The predicted octanol–water partition coefficient (Wildman–Crippen LogP) is 2.90. The summed E-state index contributed by atoms with van der Waals surface area (Å²) in [5, 5.41) is 3.25. The highest BCUT2D eigenvalue weighted by Crippen LogP contribution is 2.37. The van der Waals surface area contributed by atoms with E-state index in [9.17, 15) is 18.0 Å². The summed E-state index contributed by atoms with van der Waals surface area (Å²) in [6.45, 7) is 3.79. The summed E-state index contributed by atoms with van der Waals surface area (Å²) in [4.78, 5) is 16.8. The van der Waals surface area contributed by atoms with Crippen LogP contribution < -0.4 is 10.2 Å². The summed E-state index contributed by atoms with van der Waals surface area (Å²) >= 11 is 0.659. The maximum atomic E-state index is 12.6. The molecule has 2 heterocycles. The molecule has 2 rings (SSSR count). The Morgan fingerprint density at radius 2 is 2.14 bits per heavy atom. The van der Waals surface area contributed by atoms with Gasteiger partial charge in [0, 0.05) is 25.6 Å². The van der Waals surface area contributed by atoms with E-state index in [-0.39, 0.29) is 11.8 Å². The Kier molecular flexibility index (Phi) is 5.08. The third-order valence-electron chi connectivity index (χ3n) is 3.46. The van der Waals surface area contributed by atoms with Crippen LogP contribution in [0.4, 0.5) is 18.3 Å². The number of piperidine rings is 1. The standard InChI is InChI=1S/C13H18F3N3OS/c1-2-5-17-11(20)9-3-6-19(7-4-9)12-18-8-10(21-12)13(14,15)16/h8-9H,2-7H2,1H3,(H,17,20). The van der Waals surface area contributed by atoms with Crippen LogP contribution in [0.2, 0.25) is 0 Å². The van der Waals surface area contributed by atoms with E-state index in [1.807, 2.05) is 11.8 Å². The minimum Gasteiger partial charge on any atom is -0.356 e. The molecule has 118 valence electrons. The van der Waals surface area contributed by atoms with E-state index in [2.05, 4.69) is 10.3 Å². The lowest BCUT2D eigenvalue weighted by atomic mass is 9.96. The number of carbonyl (C=O) groups excluding carboxylic acids is 1. The van der Waals surface area contributed by atoms with Gasteiger partial charge in [-0.2, -0.15) is 13.2 Å². The molecule has 0 saturated carbocycles. The van der Waals surface area contributed by atoms with Crippen molar-refractivity contribution < 1.29 is 18.0 Å². The van der Waals surface area contributed by atoms with Gasteiger partial charge in [0.15, 0.2) is 5.13 Å². The number of alkyl halides is 3. The van der Waals surface area contributed by atoms with Gasteiger partial charge in [-0.3, -0.25) is 4.79 Å². The van der Waals surface area contributed by atoms with E-state index in [4.69, 9.17) is 0 Å². The maximum Gasteiger partial charge on any atom is 0.427 e. The van der Waals surface area contributed by atoms with Crippen LogP contribution in [-0.2, 0) is 11.0 Å². The molecule has 1 fully saturated rings. The molecule has 8 heteroatoms. The fourth-order valence-electron chi connectivity index (χ4n) is 2.27. The largest absolute Gasteiger partial charge is 0.427 e. The molecule has 0 aromatic carbocycles. The minimum absolute atomic E-state index is 0.0464. The summed E-state index contributed by atoms with van der Waals surface area (Å²) < 4.78 is 37.7. The van der Waals surface area contributed by atoms with Crippen molar-refractivity contribution >= 4 is 22.4 Å². The van der Waals surface area contributed by atoms with Crippen molar-refractivity contribution in [2.24, 2.45) is 5.92 Å². The average molecular weight is 321 g/mol. The number of hydrogen-bond acceptors (Lipinski definition) is 4. The van der Waals surface area contributed by atoms with Crippen LogP contribution in [0.5, 0.6) is 0 Å². The van der Waals surface area contributed by atoms with Crippen molar-refractivity contribution in [1.29, 1.82) is 0 Å². The van der Waals surface area contributed by atoms with Crippen LogP contribution in [0, 0.1) is 5.92 Å². The lowest BCUT2D eigenvalue weighted by molar-refractivity contribution is -0.134. The number of anilines is 1. The van der Waals surface area contributed by atoms with Gasteiger partial charge < -0.3 is 10.2 Å². The number of aromatic nitrogens is 1. The molecule has 1 N–H and O–H groups in total. The zero-order chi connectivity index (χ0) is 15.5. The van der Waals surface area contributed by atoms with Crippen LogP contribution in [0.3, 0.4) is 0 Å². The monoisotopic (exact) mass is 321 g/mol. The van der Waals surface area contributed by atoms with E-state index in [0.29, 0.717) is 48.9 Å². The molecule has 0 atom stereocenters. The molecule has 0 unspecified atom stereocenters. The summed E-state index contributed by atoms with van der Waals surface area (Å²) in [5.74, 6) is 0.00136. The summed E-state index contributed by atoms with van der Waals surface area (Å²) in [6, 6.07) is 0. The van der Waals surface area contributed by atoms with Gasteiger partial charge in [-0.15, -0.1) is 0 Å². The second-order valence-electron chi connectivity index (χ2n) is 5.06. The Balaban J connectivity index is 1.89. The van der Waals surface area contributed by atoms with Crippen molar-refractivity contribution in [3.8, 4) is 0 Å². The molecule has 21 heavy (non-hydrogen) atoms. The first-order chi connectivity index (χ1) is 9.91. The number of carbonyl (C=O) groups is 1. The van der Waals surface area contributed by atoms with E-state index in [1.165, 1.54) is 0 Å². The number of halogens is 3.